The molecule has 0 spiro atoms. The van der Waals surface area contributed by atoms with Gasteiger partial charge in [0.25, 0.3) is 0 Å². The number of aromatic nitrogens is 2. The second-order valence-electron chi connectivity index (χ2n) is 1.73. The van der Waals surface area contributed by atoms with Gasteiger partial charge in [-0.3, -0.25) is 4.79 Å². The molecule has 1 aromatic rings. The Labute approximate surface area is 63.8 Å². The van der Waals surface area contributed by atoms with E-state index in [9.17, 15) is 4.79 Å². The molecule has 0 radical (unpaired) electrons. The highest BCUT2D eigenvalue weighted by atomic mass is 16.5. The summed E-state index contributed by atoms with van der Waals surface area (Å²) in [5.41, 5.74) is 0. The van der Waals surface area contributed by atoms with Crippen molar-refractivity contribution < 1.29 is 9.53 Å². The van der Waals surface area contributed by atoms with Crippen molar-refractivity contribution in [3.63, 3.8) is 0 Å². The van der Waals surface area contributed by atoms with Crippen LogP contribution in [0.2, 0.25) is 0 Å². The van der Waals surface area contributed by atoms with E-state index in [0.29, 0.717) is 13.0 Å². The van der Waals surface area contributed by atoms with Gasteiger partial charge in [0.05, 0.1) is 12.9 Å². The minimum Gasteiger partial charge on any atom is -0.375 e. The van der Waals surface area contributed by atoms with Crippen LogP contribution >= 0.6 is 0 Å². The maximum Gasteiger partial charge on any atom is 0.307 e. The number of nitrogens with zero attached hydrogens (tertiary/aromatic N) is 2. The largest absolute Gasteiger partial charge is 0.375 e. The molecule has 0 N–H and O–H groups in total. The molecule has 0 amide bonds. The summed E-state index contributed by atoms with van der Waals surface area (Å²) in [5, 5.41) is 0. The normalized spacial score (nSPS) is 8.00. The molecular formula is C7H6N2O2. The van der Waals surface area contributed by atoms with Crippen LogP contribution in [0.25, 0.3) is 0 Å². The number of carbonyl (C=O) groups is 1. The van der Waals surface area contributed by atoms with E-state index in [2.05, 4.69) is 21.7 Å². The van der Waals surface area contributed by atoms with Crippen LogP contribution < -0.4 is 0 Å². The molecule has 0 fully saturated rings. The lowest BCUT2D eigenvalue weighted by Crippen LogP contribution is -1.90. The van der Waals surface area contributed by atoms with Crippen LogP contribution in [-0.4, -0.2) is 16.0 Å². The molecule has 0 unspecified atom stereocenters. The van der Waals surface area contributed by atoms with Crippen molar-refractivity contribution in [2.24, 2.45) is 0 Å². The van der Waals surface area contributed by atoms with E-state index in [1.54, 1.807) is 23.3 Å². The van der Waals surface area contributed by atoms with Gasteiger partial charge in [0.1, 0.15) is 6.11 Å². The highest BCUT2D eigenvalue weighted by Crippen LogP contribution is 1.82. The zero-order valence-electron chi connectivity index (χ0n) is 5.73. The summed E-state index contributed by atoms with van der Waals surface area (Å²) in [6.45, 7) is 0.773. The summed E-state index contributed by atoms with van der Waals surface area (Å²) in [4.78, 5) is 13.4. The van der Waals surface area contributed by atoms with Gasteiger partial charge in [-0.15, -0.1) is 0 Å². The molecule has 0 bridgehead atoms. The fourth-order valence-electron chi connectivity index (χ4n) is 0.570. The fourth-order valence-corrected chi connectivity index (χ4v) is 0.570. The van der Waals surface area contributed by atoms with Gasteiger partial charge in [0, 0.05) is 12.4 Å². The average molecular weight is 150 g/mol. The first kappa shape index (κ1) is 7.35. The van der Waals surface area contributed by atoms with Gasteiger partial charge in [-0.05, 0) is 5.92 Å². The SMILES string of the molecule is O=COC#CCn1ccnc1. The van der Waals surface area contributed by atoms with E-state index in [4.69, 9.17) is 0 Å². The van der Waals surface area contributed by atoms with E-state index < -0.39 is 0 Å². The third kappa shape index (κ3) is 2.54. The molecule has 0 saturated heterocycles. The molecule has 0 aliphatic heterocycles. The third-order valence-electron chi connectivity index (χ3n) is 1.00. The van der Waals surface area contributed by atoms with Gasteiger partial charge in [0.2, 0.25) is 0 Å². The lowest BCUT2D eigenvalue weighted by molar-refractivity contribution is -0.122. The molecule has 0 saturated carbocycles. The van der Waals surface area contributed by atoms with Crippen molar-refractivity contribution in [1.29, 1.82) is 0 Å². The number of hydrogen-bond acceptors (Lipinski definition) is 3. The van der Waals surface area contributed by atoms with Crippen LogP contribution in [0.5, 0.6) is 0 Å². The monoisotopic (exact) mass is 150 g/mol. The highest BCUT2D eigenvalue weighted by molar-refractivity contribution is 5.39. The Morgan fingerprint density at radius 3 is 3.27 bits per heavy atom. The van der Waals surface area contributed by atoms with Gasteiger partial charge in [-0.2, -0.15) is 0 Å². The zero-order chi connectivity index (χ0) is 7.94. The first-order valence-electron chi connectivity index (χ1n) is 2.96. The molecule has 1 aromatic heterocycles. The summed E-state index contributed by atoms with van der Waals surface area (Å²) >= 11 is 0. The summed E-state index contributed by atoms with van der Waals surface area (Å²) in [7, 11) is 0. The minimum atomic E-state index is 0.293. The quantitative estimate of drug-likeness (QED) is 0.441. The Balaban J connectivity index is 2.35. The van der Waals surface area contributed by atoms with E-state index in [-0.39, 0.29) is 0 Å². The fraction of sp³-hybridized carbons (Fsp3) is 0.143. The smallest absolute Gasteiger partial charge is 0.307 e. The van der Waals surface area contributed by atoms with Gasteiger partial charge in [-0.1, -0.05) is 0 Å². The first-order valence-corrected chi connectivity index (χ1v) is 2.96. The molecule has 0 atom stereocenters. The van der Waals surface area contributed by atoms with Crippen molar-refractivity contribution in [2.75, 3.05) is 0 Å². The van der Waals surface area contributed by atoms with Gasteiger partial charge < -0.3 is 9.30 Å². The Kier molecular flexibility index (Phi) is 2.75. The number of hydrogen-bond donors (Lipinski definition) is 0. The number of carbonyl (C=O) groups excluding carboxylic acids is 1. The number of rotatable bonds is 2. The summed E-state index contributed by atoms with van der Waals surface area (Å²) in [5.74, 6) is 2.61. The molecule has 0 aromatic carbocycles. The molecule has 1 heterocycles. The second-order valence-corrected chi connectivity index (χ2v) is 1.73. The van der Waals surface area contributed by atoms with Crippen molar-refractivity contribution in [2.45, 2.75) is 6.54 Å². The molecule has 4 heteroatoms. The minimum absolute atomic E-state index is 0.293. The Bertz CT molecular complexity index is 268. The maximum absolute atomic E-state index is 9.62. The predicted octanol–water partition coefficient (Wildman–Crippen LogP) is 0.0170. The predicted molar refractivity (Wildman–Crippen MR) is 37.2 cm³/mol. The zero-order valence-corrected chi connectivity index (χ0v) is 5.73. The molecule has 11 heavy (non-hydrogen) atoms. The lowest BCUT2D eigenvalue weighted by Gasteiger charge is -1.88. The highest BCUT2D eigenvalue weighted by Gasteiger charge is 1.81. The third-order valence-corrected chi connectivity index (χ3v) is 1.00. The van der Waals surface area contributed by atoms with Crippen molar-refractivity contribution in [1.82, 2.24) is 9.55 Å². The Morgan fingerprint density at radius 2 is 2.64 bits per heavy atom. The molecular weight excluding hydrogens is 144 g/mol. The molecule has 0 aliphatic rings. The van der Waals surface area contributed by atoms with Gasteiger partial charge >= 0.3 is 6.47 Å². The standard InChI is InChI=1S/C7H6N2O2/c10-7-11-5-1-3-9-4-2-8-6-9/h2,4,6-7H,3H2. The van der Waals surface area contributed by atoms with Crippen molar-refractivity contribution >= 4 is 6.47 Å². The summed E-state index contributed by atoms with van der Waals surface area (Å²) in [6.07, 6.45) is 7.27. The topological polar surface area (TPSA) is 44.1 Å². The van der Waals surface area contributed by atoms with Gasteiger partial charge in [-0.25, -0.2) is 4.98 Å². The summed E-state index contributed by atoms with van der Waals surface area (Å²) < 4.78 is 5.92. The van der Waals surface area contributed by atoms with Crippen LogP contribution in [0.3, 0.4) is 0 Å². The van der Waals surface area contributed by atoms with E-state index >= 15 is 0 Å². The van der Waals surface area contributed by atoms with Crippen molar-refractivity contribution in [3.8, 4) is 12.0 Å². The molecule has 56 valence electrons. The molecule has 4 nitrogen and oxygen atoms in total. The molecule has 0 aliphatic carbocycles. The van der Waals surface area contributed by atoms with E-state index in [1.165, 1.54) is 0 Å². The summed E-state index contributed by atoms with van der Waals surface area (Å²) in [6, 6.07) is 0. The first-order chi connectivity index (χ1) is 5.43. The molecule has 1 rings (SSSR count). The van der Waals surface area contributed by atoms with Crippen LogP contribution in [0.1, 0.15) is 0 Å². The Morgan fingerprint density at radius 1 is 1.73 bits per heavy atom. The number of ether oxygens (including phenoxy) is 1. The van der Waals surface area contributed by atoms with Crippen LogP contribution in [0.4, 0.5) is 0 Å². The van der Waals surface area contributed by atoms with E-state index in [0.717, 1.165) is 0 Å². The van der Waals surface area contributed by atoms with Crippen LogP contribution in [0, 0.1) is 12.0 Å². The van der Waals surface area contributed by atoms with Crippen molar-refractivity contribution in [3.05, 3.63) is 18.7 Å². The second kappa shape index (κ2) is 4.12. The Hall–Kier alpha value is -1.76. The van der Waals surface area contributed by atoms with Crippen LogP contribution in [-0.2, 0) is 16.1 Å². The van der Waals surface area contributed by atoms with E-state index in [1.807, 2.05) is 0 Å². The number of imidazole rings is 1. The average Bonchev–Trinajstić information content (AvgIpc) is 2.50. The van der Waals surface area contributed by atoms with Gasteiger partial charge in [0.15, 0.2) is 0 Å². The lowest BCUT2D eigenvalue weighted by atomic mass is 10.6. The van der Waals surface area contributed by atoms with Crippen LogP contribution in [0.15, 0.2) is 18.7 Å². The maximum atomic E-state index is 9.62.